The number of thiophene rings is 1. The molecule has 3 rings (SSSR count). The average molecular weight is 312 g/mol. The topological polar surface area (TPSA) is 42.2 Å². The molecule has 2 aromatic rings. The summed E-state index contributed by atoms with van der Waals surface area (Å²) in [6.07, 6.45) is 2.16. The van der Waals surface area contributed by atoms with E-state index in [4.69, 9.17) is 0 Å². The van der Waals surface area contributed by atoms with Gasteiger partial charge in [-0.15, -0.1) is 11.3 Å². The van der Waals surface area contributed by atoms with Crippen LogP contribution < -0.4 is 0 Å². The number of carboxylic acids is 1. The maximum absolute atomic E-state index is 11.2. The van der Waals surface area contributed by atoms with Gasteiger partial charge in [-0.3, -0.25) is 0 Å². The summed E-state index contributed by atoms with van der Waals surface area (Å²) < 4.78 is 3.02. The standard InChI is InChI=1S/C12H10BrNO2S/c13-11-6-5-10(17-11)8-3-4-9(12(15)16)14(8)7-1-2-7/h3-7H,1-2H2,(H,15,16). The predicted octanol–water partition coefficient (Wildman–Crippen LogP) is 4.01. The van der Waals surface area contributed by atoms with E-state index in [1.54, 1.807) is 17.4 Å². The zero-order chi connectivity index (χ0) is 12.0. The number of hydrogen-bond donors (Lipinski definition) is 1. The van der Waals surface area contributed by atoms with Gasteiger partial charge >= 0.3 is 5.97 Å². The van der Waals surface area contributed by atoms with Crippen molar-refractivity contribution in [3.05, 3.63) is 33.7 Å². The number of halogens is 1. The van der Waals surface area contributed by atoms with Crippen LogP contribution in [0.25, 0.3) is 10.6 Å². The lowest BCUT2D eigenvalue weighted by molar-refractivity contribution is 0.0685. The third-order valence-corrected chi connectivity index (χ3v) is 4.52. The van der Waals surface area contributed by atoms with Gasteiger partial charge in [-0.05, 0) is 53.0 Å². The number of carbonyl (C=O) groups is 1. The minimum atomic E-state index is -0.848. The summed E-state index contributed by atoms with van der Waals surface area (Å²) in [7, 11) is 0. The van der Waals surface area contributed by atoms with Crippen molar-refractivity contribution in [2.24, 2.45) is 0 Å². The molecule has 1 fully saturated rings. The minimum Gasteiger partial charge on any atom is -0.477 e. The second kappa shape index (κ2) is 3.99. The fraction of sp³-hybridized carbons (Fsp3) is 0.250. The molecule has 5 heteroatoms. The van der Waals surface area contributed by atoms with E-state index in [2.05, 4.69) is 15.9 Å². The molecule has 0 saturated heterocycles. The van der Waals surface area contributed by atoms with Gasteiger partial charge in [0, 0.05) is 6.04 Å². The number of nitrogens with zero attached hydrogens (tertiary/aromatic N) is 1. The lowest BCUT2D eigenvalue weighted by atomic mass is 10.3. The molecule has 1 saturated carbocycles. The van der Waals surface area contributed by atoms with Gasteiger partial charge in [0.2, 0.25) is 0 Å². The van der Waals surface area contributed by atoms with Crippen LogP contribution in [0.2, 0.25) is 0 Å². The molecule has 0 spiro atoms. The minimum absolute atomic E-state index is 0.368. The molecule has 1 aliphatic carbocycles. The molecule has 0 aliphatic heterocycles. The monoisotopic (exact) mass is 311 g/mol. The number of carboxylic acid groups (broad SMARTS) is 1. The molecule has 2 aromatic heterocycles. The molecule has 0 amide bonds. The predicted molar refractivity (Wildman–Crippen MR) is 70.7 cm³/mol. The van der Waals surface area contributed by atoms with Crippen LogP contribution in [-0.2, 0) is 0 Å². The Labute approximate surface area is 111 Å². The van der Waals surface area contributed by atoms with E-state index in [0.717, 1.165) is 27.2 Å². The summed E-state index contributed by atoms with van der Waals surface area (Å²) in [5.41, 5.74) is 1.41. The largest absolute Gasteiger partial charge is 0.477 e. The first kappa shape index (κ1) is 11.0. The van der Waals surface area contributed by atoms with Crippen molar-refractivity contribution in [3.8, 4) is 10.6 Å². The Morgan fingerprint density at radius 2 is 2.12 bits per heavy atom. The van der Waals surface area contributed by atoms with Gasteiger partial charge in [0.15, 0.2) is 0 Å². The Bertz CT molecular complexity index is 583. The van der Waals surface area contributed by atoms with E-state index in [1.807, 2.05) is 22.8 Å². The lowest BCUT2D eigenvalue weighted by Gasteiger charge is -2.08. The van der Waals surface area contributed by atoms with Crippen molar-refractivity contribution < 1.29 is 9.90 Å². The first-order valence-corrected chi connectivity index (χ1v) is 6.98. The Morgan fingerprint density at radius 1 is 1.35 bits per heavy atom. The lowest BCUT2D eigenvalue weighted by Crippen LogP contribution is -2.07. The van der Waals surface area contributed by atoms with Crippen molar-refractivity contribution in [3.63, 3.8) is 0 Å². The molecule has 1 N–H and O–H groups in total. The van der Waals surface area contributed by atoms with Crippen LogP contribution >= 0.6 is 27.3 Å². The van der Waals surface area contributed by atoms with Gasteiger partial charge < -0.3 is 9.67 Å². The molecule has 3 nitrogen and oxygen atoms in total. The van der Waals surface area contributed by atoms with E-state index in [-0.39, 0.29) is 0 Å². The fourth-order valence-electron chi connectivity index (χ4n) is 2.00. The van der Waals surface area contributed by atoms with Crippen LogP contribution in [0.5, 0.6) is 0 Å². The van der Waals surface area contributed by atoms with Crippen molar-refractivity contribution >= 4 is 33.2 Å². The summed E-state index contributed by atoms with van der Waals surface area (Å²) in [6.45, 7) is 0. The third kappa shape index (κ3) is 1.93. The summed E-state index contributed by atoms with van der Waals surface area (Å²) in [5, 5.41) is 9.18. The first-order chi connectivity index (χ1) is 8.16. The van der Waals surface area contributed by atoms with Crippen LogP contribution in [0.1, 0.15) is 29.4 Å². The van der Waals surface area contributed by atoms with Crippen LogP contribution in [0, 0.1) is 0 Å². The van der Waals surface area contributed by atoms with Gasteiger partial charge in [0.05, 0.1) is 14.4 Å². The maximum atomic E-state index is 11.2. The van der Waals surface area contributed by atoms with Crippen molar-refractivity contribution in [1.29, 1.82) is 0 Å². The zero-order valence-electron chi connectivity index (χ0n) is 8.89. The summed E-state index contributed by atoms with van der Waals surface area (Å²) >= 11 is 5.06. The smallest absolute Gasteiger partial charge is 0.352 e. The zero-order valence-corrected chi connectivity index (χ0v) is 11.3. The molecular formula is C12H10BrNO2S. The van der Waals surface area contributed by atoms with E-state index >= 15 is 0 Å². The Balaban J connectivity index is 2.13. The summed E-state index contributed by atoms with van der Waals surface area (Å²) in [6, 6.07) is 7.98. The normalized spacial score (nSPS) is 15.1. The molecular weight excluding hydrogens is 302 g/mol. The van der Waals surface area contributed by atoms with Gasteiger partial charge in [-0.2, -0.15) is 0 Å². The Morgan fingerprint density at radius 3 is 2.65 bits per heavy atom. The van der Waals surface area contributed by atoms with E-state index in [1.165, 1.54) is 0 Å². The molecule has 88 valence electrons. The second-order valence-corrected chi connectivity index (χ2v) is 6.58. The van der Waals surface area contributed by atoms with Gasteiger partial charge in [-0.25, -0.2) is 4.79 Å². The maximum Gasteiger partial charge on any atom is 0.352 e. The van der Waals surface area contributed by atoms with E-state index in [9.17, 15) is 9.90 Å². The highest BCUT2D eigenvalue weighted by molar-refractivity contribution is 9.11. The SMILES string of the molecule is O=C(O)c1ccc(-c2ccc(Br)s2)n1C1CC1. The molecule has 0 aromatic carbocycles. The third-order valence-electron chi connectivity index (χ3n) is 2.87. The molecule has 2 heterocycles. The molecule has 0 unspecified atom stereocenters. The summed E-state index contributed by atoms with van der Waals surface area (Å²) in [4.78, 5) is 12.3. The second-order valence-electron chi connectivity index (χ2n) is 4.11. The fourth-order valence-corrected chi connectivity index (χ4v) is 3.41. The molecule has 0 radical (unpaired) electrons. The highest BCUT2D eigenvalue weighted by Crippen LogP contribution is 2.42. The van der Waals surface area contributed by atoms with Crippen molar-refractivity contribution in [2.75, 3.05) is 0 Å². The molecule has 17 heavy (non-hydrogen) atoms. The highest BCUT2D eigenvalue weighted by Gasteiger charge is 2.30. The van der Waals surface area contributed by atoms with Crippen LogP contribution in [0.15, 0.2) is 28.1 Å². The first-order valence-electron chi connectivity index (χ1n) is 5.37. The summed E-state index contributed by atoms with van der Waals surface area (Å²) in [5.74, 6) is -0.848. The number of rotatable bonds is 3. The van der Waals surface area contributed by atoms with Gasteiger partial charge in [0.1, 0.15) is 5.69 Å². The van der Waals surface area contributed by atoms with Gasteiger partial charge in [-0.1, -0.05) is 0 Å². The number of aromatic carboxylic acids is 1. The average Bonchev–Trinajstić information content (AvgIpc) is 2.87. The Kier molecular flexibility index (Phi) is 2.60. The van der Waals surface area contributed by atoms with E-state index in [0.29, 0.717) is 11.7 Å². The van der Waals surface area contributed by atoms with Crippen LogP contribution in [-0.4, -0.2) is 15.6 Å². The van der Waals surface area contributed by atoms with E-state index < -0.39 is 5.97 Å². The van der Waals surface area contributed by atoms with Crippen molar-refractivity contribution in [1.82, 2.24) is 4.57 Å². The number of aromatic nitrogens is 1. The van der Waals surface area contributed by atoms with Gasteiger partial charge in [0.25, 0.3) is 0 Å². The quantitative estimate of drug-likeness (QED) is 0.930. The van der Waals surface area contributed by atoms with Crippen molar-refractivity contribution in [2.45, 2.75) is 18.9 Å². The molecule has 0 atom stereocenters. The van der Waals surface area contributed by atoms with Crippen LogP contribution in [0.4, 0.5) is 0 Å². The number of hydrogen-bond acceptors (Lipinski definition) is 2. The molecule has 0 bridgehead atoms. The molecule has 1 aliphatic rings. The Hall–Kier alpha value is -1.07. The van der Waals surface area contributed by atoms with Crippen LogP contribution in [0.3, 0.4) is 0 Å². The highest BCUT2D eigenvalue weighted by atomic mass is 79.9.